The number of anilines is 1. The number of nitrogens with zero attached hydrogens (tertiary/aromatic N) is 3. The standard InChI is InChI=1S/C13H12N2O8S2.C5H14NO/c1-24(18,19)15(25(20,21)22)12-8-7-10(14(16)17)9-13(12)23-11-5-3-2-4-6-11;1-6(2,3)4-5-7/h2-9H,1H3,(H,20,21,22);7H,4-5H2,1-3H3/q;+1/p-1. The quantitative estimate of drug-likeness (QED) is 0.248. The van der Waals surface area contributed by atoms with Crippen molar-refractivity contribution < 1.29 is 40.6 Å². The van der Waals surface area contributed by atoms with Crippen molar-refractivity contribution in [3.8, 4) is 11.5 Å². The number of para-hydroxylation sites is 1. The zero-order chi connectivity index (χ0) is 24.7. The van der Waals surface area contributed by atoms with Gasteiger partial charge in [-0.3, -0.25) is 10.1 Å². The van der Waals surface area contributed by atoms with Gasteiger partial charge in [0.2, 0.25) is 10.0 Å². The van der Waals surface area contributed by atoms with Gasteiger partial charge in [0.15, 0.2) is 16.1 Å². The molecule has 2 aromatic carbocycles. The van der Waals surface area contributed by atoms with E-state index in [-0.39, 0.29) is 16.1 Å². The predicted molar refractivity (Wildman–Crippen MR) is 117 cm³/mol. The molecular weight excluding hydrogens is 466 g/mol. The second-order valence-corrected chi connectivity index (χ2v) is 10.8. The lowest BCUT2D eigenvalue weighted by Gasteiger charge is -2.26. The molecule has 32 heavy (non-hydrogen) atoms. The first-order valence-corrected chi connectivity index (χ1v) is 12.2. The maximum Gasteiger partial charge on any atom is 0.273 e. The van der Waals surface area contributed by atoms with Crippen LogP contribution in [0.2, 0.25) is 0 Å². The van der Waals surface area contributed by atoms with Gasteiger partial charge in [0.05, 0.1) is 45.0 Å². The van der Waals surface area contributed by atoms with Crippen LogP contribution in [0, 0.1) is 10.1 Å². The Bertz CT molecular complexity index is 1100. The summed E-state index contributed by atoms with van der Waals surface area (Å²) < 4.78 is 63.5. The highest BCUT2D eigenvalue weighted by atomic mass is 32.3. The number of sulfonamides is 1. The second kappa shape index (κ2) is 10.7. The first-order valence-electron chi connectivity index (χ1n) is 8.95. The number of aliphatic hydroxyl groups is 1. The minimum Gasteiger partial charge on any atom is -0.730 e. The number of rotatable bonds is 8. The minimum atomic E-state index is -5.48. The first-order chi connectivity index (χ1) is 14.6. The zero-order valence-corrected chi connectivity index (χ0v) is 19.5. The van der Waals surface area contributed by atoms with Crippen LogP contribution in [0.4, 0.5) is 11.4 Å². The Morgan fingerprint density at radius 3 is 2.00 bits per heavy atom. The number of benzene rings is 2. The normalized spacial score (nSPS) is 11.8. The van der Waals surface area contributed by atoms with E-state index in [1.807, 2.05) is 0 Å². The summed E-state index contributed by atoms with van der Waals surface area (Å²) in [5, 5.41) is 19.3. The zero-order valence-electron chi connectivity index (χ0n) is 17.9. The number of nitro benzene ring substituents is 1. The lowest BCUT2D eigenvalue weighted by molar-refractivity contribution is -0.870. The van der Waals surface area contributed by atoms with Crippen molar-refractivity contribution in [2.45, 2.75) is 0 Å². The van der Waals surface area contributed by atoms with Crippen molar-refractivity contribution in [2.24, 2.45) is 0 Å². The number of likely N-dealkylation sites (N-methyl/N-ethyl adjacent to an activating group) is 1. The molecule has 0 aromatic heterocycles. The fraction of sp³-hybridized carbons (Fsp3) is 0.333. The van der Waals surface area contributed by atoms with E-state index in [9.17, 15) is 31.5 Å². The van der Waals surface area contributed by atoms with Crippen LogP contribution < -0.4 is 8.45 Å². The second-order valence-electron chi connectivity index (χ2n) is 7.48. The van der Waals surface area contributed by atoms with E-state index in [4.69, 9.17) is 9.84 Å². The van der Waals surface area contributed by atoms with Gasteiger partial charge in [-0.05, 0) is 18.2 Å². The highest BCUT2D eigenvalue weighted by molar-refractivity contribution is 8.07. The molecule has 0 saturated heterocycles. The summed E-state index contributed by atoms with van der Waals surface area (Å²) in [6.45, 7) is 1.11. The van der Waals surface area contributed by atoms with Crippen LogP contribution >= 0.6 is 0 Å². The largest absolute Gasteiger partial charge is 0.730 e. The third kappa shape index (κ3) is 8.76. The van der Waals surface area contributed by atoms with Crippen molar-refractivity contribution in [2.75, 3.05) is 44.3 Å². The monoisotopic (exact) mass is 491 g/mol. The Morgan fingerprint density at radius 2 is 1.62 bits per heavy atom. The first kappa shape index (κ1) is 27.3. The molecular formula is C18H25N3O9S2. The van der Waals surface area contributed by atoms with Crippen molar-refractivity contribution in [1.29, 1.82) is 0 Å². The van der Waals surface area contributed by atoms with Crippen LogP contribution in [0.5, 0.6) is 11.5 Å². The van der Waals surface area contributed by atoms with Gasteiger partial charge in [0.25, 0.3) is 5.69 Å². The number of nitro groups is 1. The van der Waals surface area contributed by atoms with E-state index in [1.165, 1.54) is 12.1 Å². The van der Waals surface area contributed by atoms with Gasteiger partial charge in [-0.15, -0.1) is 0 Å². The molecule has 14 heteroatoms. The lowest BCUT2D eigenvalue weighted by Crippen LogP contribution is -2.36. The summed E-state index contributed by atoms with van der Waals surface area (Å²) in [6, 6.07) is 10.2. The van der Waals surface area contributed by atoms with Crippen molar-refractivity contribution in [3.05, 3.63) is 58.6 Å². The van der Waals surface area contributed by atoms with Gasteiger partial charge in [0.1, 0.15) is 18.0 Å². The number of hydrogen-bond acceptors (Lipinski definition) is 9. The molecule has 178 valence electrons. The molecule has 0 heterocycles. The maximum absolute atomic E-state index is 11.8. The Hall–Kier alpha value is -2.78. The molecule has 0 aliphatic carbocycles. The van der Waals surface area contributed by atoms with Crippen LogP contribution in [0.1, 0.15) is 0 Å². The number of non-ortho nitro benzene ring substituents is 1. The van der Waals surface area contributed by atoms with Crippen molar-refractivity contribution >= 4 is 31.7 Å². The summed E-state index contributed by atoms with van der Waals surface area (Å²) >= 11 is 0. The third-order valence-corrected chi connectivity index (χ3v) is 6.36. The highest BCUT2D eigenvalue weighted by Gasteiger charge is 2.28. The Morgan fingerprint density at radius 1 is 1.06 bits per heavy atom. The molecule has 0 saturated carbocycles. The molecule has 0 bridgehead atoms. The van der Waals surface area contributed by atoms with E-state index < -0.39 is 42.4 Å². The maximum atomic E-state index is 11.8. The Kier molecular flexibility index (Phi) is 9.11. The fourth-order valence-corrected chi connectivity index (χ4v) is 4.46. The number of quaternary nitrogens is 1. The summed E-state index contributed by atoms with van der Waals surface area (Å²) in [5.74, 6) is -0.328. The molecule has 1 N–H and O–H groups in total. The number of hydrogen-bond donors (Lipinski definition) is 1. The smallest absolute Gasteiger partial charge is 0.273 e. The van der Waals surface area contributed by atoms with E-state index in [1.54, 1.807) is 18.2 Å². The predicted octanol–water partition coefficient (Wildman–Crippen LogP) is 1.30. The van der Waals surface area contributed by atoms with E-state index in [0.29, 0.717) is 6.26 Å². The molecule has 2 rings (SSSR count). The van der Waals surface area contributed by atoms with Crippen LogP contribution in [0.25, 0.3) is 0 Å². The average Bonchev–Trinajstić information content (AvgIpc) is 2.61. The molecule has 0 amide bonds. The average molecular weight is 492 g/mol. The number of ether oxygens (including phenoxy) is 1. The van der Waals surface area contributed by atoms with Gasteiger partial charge in [-0.25, -0.2) is 16.8 Å². The molecule has 0 aliphatic heterocycles. The molecule has 0 aliphatic rings. The minimum absolute atomic E-state index is 0.154. The summed E-state index contributed by atoms with van der Waals surface area (Å²) in [4.78, 5) is 10.1. The molecule has 0 atom stereocenters. The Balaban J connectivity index is 0.000000633. The molecule has 0 radical (unpaired) electrons. The van der Waals surface area contributed by atoms with Crippen LogP contribution in [-0.4, -0.2) is 76.5 Å². The molecule has 0 spiro atoms. The van der Waals surface area contributed by atoms with E-state index in [0.717, 1.165) is 29.2 Å². The molecule has 2 aromatic rings. The van der Waals surface area contributed by atoms with Crippen LogP contribution in [0.3, 0.4) is 0 Å². The van der Waals surface area contributed by atoms with Crippen LogP contribution in [0.15, 0.2) is 48.5 Å². The lowest BCUT2D eigenvalue weighted by atomic mass is 10.2. The topological polar surface area (TPSA) is 167 Å². The van der Waals surface area contributed by atoms with Crippen LogP contribution in [-0.2, 0) is 20.3 Å². The molecule has 12 nitrogen and oxygen atoms in total. The third-order valence-electron chi connectivity index (χ3n) is 3.60. The van der Waals surface area contributed by atoms with Gasteiger partial charge in [-0.1, -0.05) is 18.2 Å². The van der Waals surface area contributed by atoms with Gasteiger partial charge < -0.3 is 18.9 Å². The van der Waals surface area contributed by atoms with E-state index >= 15 is 0 Å². The SMILES string of the molecule is CS(=O)(=O)N(c1ccc([N+](=O)[O-])cc1Oc1ccccc1)S(=O)(=O)[O-].C[N+](C)(C)CCO. The summed E-state index contributed by atoms with van der Waals surface area (Å²) in [7, 11) is -3.86. The molecule has 0 unspecified atom stereocenters. The fourth-order valence-electron chi connectivity index (χ4n) is 2.23. The van der Waals surface area contributed by atoms with Gasteiger partial charge in [0, 0.05) is 6.07 Å². The number of aliphatic hydroxyl groups excluding tert-OH is 1. The van der Waals surface area contributed by atoms with E-state index in [2.05, 4.69) is 21.1 Å². The molecule has 0 fully saturated rings. The van der Waals surface area contributed by atoms with Crippen molar-refractivity contribution in [1.82, 2.24) is 0 Å². The highest BCUT2D eigenvalue weighted by Crippen LogP contribution is 2.37. The van der Waals surface area contributed by atoms with Gasteiger partial charge >= 0.3 is 0 Å². The Labute approximate surface area is 186 Å². The summed E-state index contributed by atoms with van der Waals surface area (Å²) in [6.07, 6.45) is 0.510. The summed E-state index contributed by atoms with van der Waals surface area (Å²) in [5.41, 5.74) is -1.14. The van der Waals surface area contributed by atoms with Crippen molar-refractivity contribution in [3.63, 3.8) is 0 Å². The van der Waals surface area contributed by atoms with Gasteiger partial charge in [-0.2, -0.15) is 3.71 Å².